The van der Waals surface area contributed by atoms with Gasteiger partial charge in [-0.2, -0.15) is 0 Å². The molecule has 0 unspecified atom stereocenters. The number of nitrogens with one attached hydrogen (secondary N) is 2. The maximum absolute atomic E-state index is 12.8. The number of benzene rings is 2. The van der Waals surface area contributed by atoms with E-state index in [1.54, 1.807) is 32.5 Å². The van der Waals surface area contributed by atoms with Gasteiger partial charge in [0.25, 0.3) is 0 Å². The molecule has 130 valence electrons. The van der Waals surface area contributed by atoms with Crippen LogP contribution in [0.4, 0.5) is 0 Å². The van der Waals surface area contributed by atoms with Crippen molar-refractivity contribution in [3.05, 3.63) is 69.0 Å². The first-order chi connectivity index (χ1) is 12.1. The highest BCUT2D eigenvalue weighted by Crippen LogP contribution is 2.27. The fraction of sp³-hybridized carbons (Fsp3) is 0.211. The van der Waals surface area contributed by atoms with Crippen LogP contribution in [0.15, 0.2) is 47.4 Å². The summed E-state index contributed by atoms with van der Waals surface area (Å²) < 4.78 is 10.6. The van der Waals surface area contributed by atoms with Gasteiger partial charge in [-0.25, -0.2) is 0 Å². The summed E-state index contributed by atoms with van der Waals surface area (Å²) in [6.07, 6.45) is 1.72. The molecule has 0 fully saturated rings. The molecule has 0 aliphatic rings. The molecule has 0 aliphatic heterocycles. The Balaban J connectivity index is 1.83. The van der Waals surface area contributed by atoms with E-state index in [0.717, 1.165) is 5.56 Å². The lowest BCUT2D eigenvalue weighted by Crippen LogP contribution is -2.20. The molecule has 0 amide bonds. The van der Waals surface area contributed by atoms with E-state index in [1.165, 1.54) is 0 Å². The average Bonchev–Trinajstić information content (AvgIpc) is 2.64. The van der Waals surface area contributed by atoms with Gasteiger partial charge in [-0.15, -0.1) is 0 Å². The van der Waals surface area contributed by atoms with Gasteiger partial charge in [0.1, 0.15) is 11.5 Å². The Hall–Kier alpha value is -2.50. The van der Waals surface area contributed by atoms with E-state index in [0.29, 0.717) is 46.1 Å². The van der Waals surface area contributed by atoms with Crippen LogP contribution in [0.25, 0.3) is 10.9 Å². The van der Waals surface area contributed by atoms with Crippen molar-refractivity contribution >= 4 is 22.5 Å². The molecule has 2 aromatic carbocycles. The molecule has 0 saturated heterocycles. The summed E-state index contributed by atoms with van der Waals surface area (Å²) >= 11 is 5.88. The Bertz CT molecular complexity index is 936. The minimum absolute atomic E-state index is 0.0467. The second-order valence-corrected chi connectivity index (χ2v) is 6.06. The van der Waals surface area contributed by atoms with Gasteiger partial charge < -0.3 is 19.8 Å². The molecule has 2 N–H and O–H groups in total. The number of pyridine rings is 1. The number of aromatic nitrogens is 1. The predicted molar refractivity (Wildman–Crippen MR) is 99.7 cm³/mol. The normalized spacial score (nSPS) is 10.8. The Kier molecular flexibility index (Phi) is 5.26. The summed E-state index contributed by atoms with van der Waals surface area (Å²) in [4.78, 5) is 15.9. The van der Waals surface area contributed by atoms with Crippen LogP contribution in [-0.2, 0) is 13.1 Å². The molecule has 3 rings (SSSR count). The summed E-state index contributed by atoms with van der Waals surface area (Å²) in [5, 5.41) is 4.52. The van der Waals surface area contributed by atoms with Gasteiger partial charge in [0.15, 0.2) is 5.43 Å². The minimum Gasteiger partial charge on any atom is -0.497 e. The predicted octanol–water partition coefficient (Wildman–Crippen LogP) is 3.49. The topological polar surface area (TPSA) is 63.4 Å². The Morgan fingerprint density at radius 3 is 2.52 bits per heavy atom. The molecular weight excluding hydrogens is 340 g/mol. The molecule has 25 heavy (non-hydrogen) atoms. The Labute approximate surface area is 150 Å². The van der Waals surface area contributed by atoms with Crippen LogP contribution in [0, 0.1) is 0 Å². The van der Waals surface area contributed by atoms with Gasteiger partial charge in [0, 0.05) is 35.9 Å². The van der Waals surface area contributed by atoms with Crippen LogP contribution < -0.4 is 20.2 Å². The van der Waals surface area contributed by atoms with Crippen molar-refractivity contribution in [3.8, 4) is 11.5 Å². The number of H-pyrrole nitrogens is 1. The van der Waals surface area contributed by atoms with E-state index < -0.39 is 0 Å². The minimum atomic E-state index is -0.0467. The van der Waals surface area contributed by atoms with Crippen molar-refractivity contribution in [3.63, 3.8) is 0 Å². The van der Waals surface area contributed by atoms with Crippen LogP contribution in [0.5, 0.6) is 11.5 Å². The van der Waals surface area contributed by atoms with Gasteiger partial charge in [0.05, 0.1) is 25.1 Å². The quantitative estimate of drug-likeness (QED) is 0.708. The second kappa shape index (κ2) is 7.59. The van der Waals surface area contributed by atoms with E-state index in [2.05, 4.69) is 10.3 Å². The number of rotatable bonds is 6. The smallest absolute Gasteiger partial charge is 0.194 e. The Morgan fingerprint density at radius 1 is 1.08 bits per heavy atom. The number of hydrogen-bond donors (Lipinski definition) is 2. The fourth-order valence-electron chi connectivity index (χ4n) is 2.67. The highest BCUT2D eigenvalue weighted by molar-refractivity contribution is 6.30. The zero-order valence-electron chi connectivity index (χ0n) is 14.1. The zero-order valence-corrected chi connectivity index (χ0v) is 14.8. The van der Waals surface area contributed by atoms with Crippen LogP contribution in [0.2, 0.25) is 5.02 Å². The van der Waals surface area contributed by atoms with Crippen molar-refractivity contribution in [2.24, 2.45) is 0 Å². The molecule has 1 aromatic heterocycles. The molecule has 0 bridgehead atoms. The molecule has 0 radical (unpaired) electrons. The summed E-state index contributed by atoms with van der Waals surface area (Å²) in [7, 11) is 3.13. The third kappa shape index (κ3) is 3.78. The zero-order chi connectivity index (χ0) is 17.8. The molecule has 6 heteroatoms. The highest BCUT2D eigenvalue weighted by atomic mass is 35.5. The number of ether oxygens (including phenoxy) is 2. The second-order valence-electron chi connectivity index (χ2n) is 5.63. The summed E-state index contributed by atoms with van der Waals surface area (Å²) in [6.45, 7) is 1.10. The van der Waals surface area contributed by atoms with Gasteiger partial charge in [-0.05, 0) is 23.8 Å². The van der Waals surface area contributed by atoms with Gasteiger partial charge >= 0.3 is 0 Å². The molecule has 0 aliphatic carbocycles. The van der Waals surface area contributed by atoms with Crippen molar-refractivity contribution in [1.29, 1.82) is 0 Å². The molecule has 0 saturated carbocycles. The molecule has 3 aromatic rings. The van der Waals surface area contributed by atoms with Crippen molar-refractivity contribution in [2.75, 3.05) is 14.2 Å². The van der Waals surface area contributed by atoms with Crippen LogP contribution in [0.1, 0.15) is 11.1 Å². The maximum atomic E-state index is 12.8. The number of fused-ring (bicyclic) bond motifs is 1. The maximum Gasteiger partial charge on any atom is 0.194 e. The standard InChI is InChI=1S/C19H19ClN2O3/c1-24-15-7-16-18(17(8-15)25-2)22-11-13(19(16)23)10-21-9-12-3-5-14(20)6-4-12/h3-8,11,21H,9-10H2,1-2H3,(H,22,23). The van der Waals surface area contributed by atoms with Gasteiger partial charge in [-0.3, -0.25) is 4.79 Å². The number of methoxy groups -OCH3 is 2. The average molecular weight is 359 g/mol. The van der Waals surface area contributed by atoms with Crippen molar-refractivity contribution < 1.29 is 9.47 Å². The largest absolute Gasteiger partial charge is 0.497 e. The number of hydrogen-bond acceptors (Lipinski definition) is 4. The van der Waals surface area contributed by atoms with Crippen LogP contribution >= 0.6 is 11.6 Å². The van der Waals surface area contributed by atoms with E-state index in [-0.39, 0.29) is 5.43 Å². The highest BCUT2D eigenvalue weighted by Gasteiger charge is 2.11. The summed E-state index contributed by atoms with van der Waals surface area (Å²) in [5.41, 5.74) is 2.37. The van der Waals surface area contributed by atoms with E-state index in [4.69, 9.17) is 21.1 Å². The summed E-state index contributed by atoms with van der Waals surface area (Å²) in [6, 6.07) is 11.1. The first kappa shape index (κ1) is 17.3. The van der Waals surface area contributed by atoms with Crippen LogP contribution in [-0.4, -0.2) is 19.2 Å². The van der Waals surface area contributed by atoms with Gasteiger partial charge in [-0.1, -0.05) is 23.7 Å². The van der Waals surface area contributed by atoms with Crippen LogP contribution in [0.3, 0.4) is 0 Å². The fourth-order valence-corrected chi connectivity index (χ4v) is 2.80. The molecule has 0 spiro atoms. The lowest BCUT2D eigenvalue weighted by Gasteiger charge is -2.10. The Morgan fingerprint density at radius 2 is 1.84 bits per heavy atom. The first-order valence-corrected chi connectivity index (χ1v) is 8.21. The number of halogens is 1. The molecule has 5 nitrogen and oxygen atoms in total. The van der Waals surface area contributed by atoms with E-state index in [1.807, 2.05) is 24.3 Å². The SMILES string of the molecule is COc1cc(OC)c2[nH]cc(CNCc3ccc(Cl)cc3)c(=O)c2c1. The van der Waals surface area contributed by atoms with E-state index >= 15 is 0 Å². The third-order valence-corrected chi connectivity index (χ3v) is 4.27. The lowest BCUT2D eigenvalue weighted by molar-refractivity contribution is 0.397. The van der Waals surface area contributed by atoms with E-state index in [9.17, 15) is 4.79 Å². The lowest BCUT2D eigenvalue weighted by atomic mass is 10.1. The first-order valence-electron chi connectivity index (χ1n) is 7.84. The van der Waals surface area contributed by atoms with Gasteiger partial charge in [0.2, 0.25) is 0 Å². The monoisotopic (exact) mass is 358 g/mol. The third-order valence-electron chi connectivity index (χ3n) is 4.02. The summed E-state index contributed by atoms with van der Waals surface area (Å²) in [5.74, 6) is 1.16. The van der Waals surface area contributed by atoms with Crippen molar-refractivity contribution in [2.45, 2.75) is 13.1 Å². The molecule has 0 atom stereocenters. The molecule has 1 heterocycles. The van der Waals surface area contributed by atoms with Crippen molar-refractivity contribution in [1.82, 2.24) is 10.3 Å². The molecular formula is C19H19ClN2O3. The number of aromatic amines is 1.